The van der Waals surface area contributed by atoms with Gasteiger partial charge in [0.25, 0.3) is 5.91 Å². The van der Waals surface area contributed by atoms with E-state index in [9.17, 15) is 19.2 Å². The van der Waals surface area contributed by atoms with Crippen LogP contribution in [0.15, 0.2) is 54.8 Å². The van der Waals surface area contributed by atoms with Gasteiger partial charge >= 0.3 is 11.9 Å². The zero-order valence-electron chi connectivity index (χ0n) is 27.2. The average molecular weight is 765 g/mol. The standard InChI is InChI=1S/C34H44IN4O8/c1-5-17-44-34(43)31-25(22(3)30-29(32(41)37(30)31)23(4)33(42)47-46-18-6-2)21-45-27-8-7-24(19-26(27)35)9-10-38-11-14-39(15-12-38,16-13-38)20-28(36)40/h5-8,19,22-23,29-30H,1-2,9-18,20-21H2,3-4H3,(H-,36,40)/q+1/p+1/t22-,23?,29?,30?,38?,39?/m0/s1. The molecule has 5 aliphatic heterocycles. The van der Waals surface area contributed by atoms with Crippen LogP contribution in [0.5, 0.6) is 5.75 Å². The number of piperazine rings is 3. The van der Waals surface area contributed by atoms with Crippen LogP contribution in [0.25, 0.3) is 0 Å². The van der Waals surface area contributed by atoms with Gasteiger partial charge in [0.05, 0.1) is 28.0 Å². The molecule has 12 nitrogen and oxygen atoms in total. The van der Waals surface area contributed by atoms with Gasteiger partial charge in [0.1, 0.15) is 70.5 Å². The lowest BCUT2D eigenvalue weighted by Crippen LogP contribution is -2.76. The highest BCUT2D eigenvalue weighted by Gasteiger charge is 2.61. The fourth-order valence-electron chi connectivity index (χ4n) is 7.59. The second kappa shape index (κ2) is 14.5. The Morgan fingerprint density at radius 1 is 1.09 bits per heavy atom. The number of quaternary nitrogens is 2. The van der Waals surface area contributed by atoms with Crippen molar-refractivity contribution in [3.8, 4) is 5.75 Å². The van der Waals surface area contributed by atoms with Gasteiger partial charge in [-0.3, -0.25) is 14.5 Å². The Morgan fingerprint density at radius 2 is 1.74 bits per heavy atom. The van der Waals surface area contributed by atoms with Gasteiger partial charge in [0.15, 0.2) is 6.54 Å². The number of hydrogen-bond acceptors (Lipinski definition) is 8. The Balaban J connectivity index is 1.24. The molecule has 13 heteroatoms. The predicted octanol–water partition coefficient (Wildman–Crippen LogP) is 2.12. The molecule has 254 valence electrons. The van der Waals surface area contributed by atoms with E-state index in [1.807, 2.05) is 13.0 Å². The summed E-state index contributed by atoms with van der Waals surface area (Å²) in [6.07, 6.45) is 3.85. The molecule has 2 N–H and O–H groups in total. The summed E-state index contributed by atoms with van der Waals surface area (Å²) in [4.78, 5) is 61.9. The van der Waals surface area contributed by atoms with Crippen LogP contribution >= 0.6 is 22.6 Å². The summed E-state index contributed by atoms with van der Waals surface area (Å²) < 4.78 is 14.5. The summed E-state index contributed by atoms with van der Waals surface area (Å²) in [5, 5.41) is 0. The van der Waals surface area contributed by atoms with E-state index in [-0.39, 0.29) is 43.2 Å². The monoisotopic (exact) mass is 764 g/mol. The number of primary amides is 1. The van der Waals surface area contributed by atoms with Crippen molar-refractivity contribution in [2.45, 2.75) is 26.3 Å². The number of rotatable bonds is 16. The van der Waals surface area contributed by atoms with Crippen LogP contribution in [0.3, 0.4) is 0 Å². The summed E-state index contributed by atoms with van der Waals surface area (Å²) in [7, 11) is 0. The van der Waals surface area contributed by atoms with Crippen molar-refractivity contribution in [2.24, 2.45) is 23.5 Å². The maximum atomic E-state index is 13.4. The summed E-state index contributed by atoms with van der Waals surface area (Å²) in [5.41, 5.74) is 7.55. The molecule has 4 saturated heterocycles. The van der Waals surface area contributed by atoms with Crippen LogP contribution < -0.4 is 10.5 Å². The number of hydrogen-bond donors (Lipinski definition) is 1. The Kier molecular flexibility index (Phi) is 10.8. The van der Waals surface area contributed by atoms with Crippen molar-refractivity contribution in [1.29, 1.82) is 0 Å². The molecule has 0 aliphatic carbocycles. The third-order valence-electron chi connectivity index (χ3n) is 10.5. The van der Waals surface area contributed by atoms with Gasteiger partial charge < -0.3 is 29.1 Å². The molecule has 1 aromatic carbocycles. The molecule has 2 amide bonds. The van der Waals surface area contributed by atoms with E-state index in [0.717, 1.165) is 64.8 Å². The molecule has 1 aromatic rings. The third kappa shape index (κ3) is 7.13. The lowest BCUT2D eigenvalue weighted by Gasteiger charge is -2.55. The number of nitrogens with two attached hydrogens (primary N) is 1. The normalized spacial score (nSPS) is 28.3. The number of halogens is 1. The van der Waals surface area contributed by atoms with E-state index < -0.39 is 29.8 Å². The van der Waals surface area contributed by atoms with Crippen molar-refractivity contribution < 1.29 is 47.4 Å². The van der Waals surface area contributed by atoms with Crippen molar-refractivity contribution >= 4 is 46.3 Å². The van der Waals surface area contributed by atoms with E-state index in [1.165, 1.54) is 22.6 Å². The molecule has 47 heavy (non-hydrogen) atoms. The van der Waals surface area contributed by atoms with Gasteiger partial charge in [-0.05, 0) is 40.3 Å². The Morgan fingerprint density at radius 3 is 2.36 bits per heavy atom. The summed E-state index contributed by atoms with van der Waals surface area (Å²) in [6, 6.07) is 5.75. The van der Waals surface area contributed by atoms with Gasteiger partial charge in [-0.15, -0.1) is 6.58 Å². The maximum Gasteiger partial charge on any atom is 0.355 e. The summed E-state index contributed by atoms with van der Waals surface area (Å²) in [6.45, 7) is 18.5. The van der Waals surface area contributed by atoms with Crippen molar-refractivity contribution in [1.82, 2.24) is 4.90 Å². The number of fused-ring (bicyclic) bond motifs is 4. The molecule has 0 aromatic heterocycles. The highest BCUT2D eigenvalue weighted by atomic mass is 127. The number of carbonyl (C=O) groups excluding carboxylic acids is 4. The van der Waals surface area contributed by atoms with E-state index in [0.29, 0.717) is 17.9 Å². The second-order valence-electron chi connectivity index (χ2n) is 13.2. The molecule has 0 radical (unpaired) electrons. The lowest BCUT2D eigenvalue weighted by molar-refractivity contribution is -1.08. The molecule has 4 atom stereocenters. The number of β-lactam (4-membered cyclic amide) rings is 1. The molecule has 0 spiro atoms. The molecular formula is C34H45IN4O8+2. The van der Waals surface area contributed by atoms with E-state index >= 15 is 0 Å². The van der Waals surface area contributed by atoms with Crippen molar-refractivity contribution in [3.05, 3.63) is 63.9 Å². The number of amides is 2. The minimum absolute atomic E-state index is 0.00289. The van der Waals surface area contributed by atoms with Gasteiger partial charge in [0.2, 0.25) is 5.91 Å². The SMILES string of the molecule is C=CCOOC(=O)C(C)C1C(=O)N2C(C(=O)OCC=C)=C(COc3ccc(CC[N+]45CC[N+](CC(N)=O)(CC4)CC5)cc3I)[C@H](C)C12. The fraction of sp³-hybridized carbons (Fsp3) is 0.529. The Hall–Kier alpha value is -3.27. The van der Waals surface area contributed by atoms with E-state index in [4.69, 9.17) is 25.0 Å². The van der Waals surface area contributed by atoms with Crippen molar-refractivity contribution in [2.75, 3.05) is 72.2 Å². The zero-order chi connectivity index (χ0) is 33.9. The minimum Gasteiger partial charge on any atom is -0.488 e. The first-order valence-corrected chi connectivity index (χ1v) is 17.2. The Labute approximate surface area is 289 Å². The molecule has 5 heterocycles. The first-order valence-electron chi connectivity index (χ1n) is 16.1. The van der Waals surface area contributed by atoms with Crippen LogP contribution in [0.4, 0.5) is 0 Å². The maximum absolute atomic E-state index is 13.4. The summed E-state index contributed by atoms with van der Waals surface area (Å²) >= 11 is 2.27. The van der Waals surface area contributed by atoms with Crippen LogP contribution in [0, 0.1) is 21.3 Å². The topological polar surface area (TPSA) is 134 Å². The van der Waals surface area contributed by atoms with Crippen LogP contribution in [-0.4, -0.2) is 116 Å². The largest absolute Gasteiger partial charge is 0.488 e. The van der Waals surface area contributed by atoms with Gasteiger partial charge in [0, 0.05) is 17.9 Å². The molecule has 3 unspecified atom stereocenters. The number of carbonyl (C=O) groups is 4. The van der Waals surface area contributed by atoms with E-state index in [2.05, 4.69) is 47.9 Å². The minimum atomic E-state index is -0.785. The highest BCUT2D eigenvalue weighted by Crippen LogP contribution is 2.49. The fourth-order valence-corrected chi connectivity index (χ4v) is 8.33. The van der Waals surface area contributed by atoms with Gasteiger partial charge in [-0.1, -0.05) is 38.6 Å². The second-order valence-corrected chi connectivity index (χ2v) is 14.4. The highest BCUT2D eigenvalue weighted by molar-refractivity contribution is 14.1. The molecule has 0 saturated carbocycles. The average Bonchev–Trinajstić information content (AvgIpc) is 3.30. The molecular weight excluding hydrogens is 719 g/mol. The lowest BCUT2D eigenvalue weighted by atomic mass is 9.74. The molecule has 4 fully saturated rings. The third-order valence-corrected chi connectivity index (χ3v) is 11.3. The first kappa shape index (κ1) is 35.0. The number of ether oxygens (including phenoxy) is 2. The van der Waals surface area contributed by atoms with Crippen LogP contribution in [0.1, 0.15) is 19.4 Å². The summed E-state index contributed by atoms with van der Waals surface area (Å²) in [5.74, 6) is -2.91. The quantitative estimate of drug-likeness (QED) is 0.0396. The first-order chi connectivity index (χ1) is 22.4. The van der Waals surface area contributed by atoms with E-state index in [1.54, 1.807) is 6.92 Å². The van der Waals surface area contributed by atoms with Crippen LogP contribution in [-0.2, 0) is 40.1 Å². The van der Waals surface area contributed by atoms with Crippen molar-refractivity contribution in [3.63, 3.8) is 0 Å². The predicted molar refractivity (Wildman–Crippen MR) is 180 cm³/mol. The molecule has 6 rings (SSSR count). The van der Waals surface area contributed by atoms with Crippen LogP contribution in [0.2, 0.25) is 0 Å². The number of nitrogens with zero attached hydrogens (tertiary/aromatic N) is 3. The number of benzene rings is 1. The zero-order valence-corrected chi connectivity index (χ0v) is 29.3. The smallest absolute Gasteiger partial charge is 0.355 e. The van der Waals surface area contributed by atoms with Gasteiger partial charge in [-0.2, -0.15) is 4.89 Å². The Bertz CT molecular complexity index is 1450. The molecule has 5 aliphatic rings. The number of esters is 1. The molecule has 2 bridgehead atoms. The van der Waals surface area contributed by atoms with Gasteiger partial charge in [-0.25, -0.2) is 9.59 Å².